The highest BCUT2D eigenvalue weighted by Gasteiger charge is 2.09. The molecule has 1 aromatic carbocycles. The van der Waals surface area contributed by atoms with Gasteiger partial charge in [0.25, 0.3) is 0 Å². The normalized spacial score (nSPS) is 11.0. The van der Waals surface area contributed by atoms with Gasteiger partial charge in [-0.05, 0) is 24.6 Å². The van der Waals surface area contributed by atoms with Crippen molar-refractivity contribution in [3.8, 4) is 5.75 Å². The lowest BCUT2D eigenvalue weighted by Crippen LogP contribution is -2.03. The van der Waals surface area contributed by atoms with Gasteiger partial charge >= 0.3 is 0 Å². The van der Waals surface area contributed by atoms with Crippen LogP contribution in [0.1, 0.15) is 39.2 Å². The molecule has 1 atom stereocenters. The molecular formula is C13H20O2. The molecule has 0 N–H and O–H groups in total. The molecule has 2 nitrogen and oxygen atoms in total. The van der Waals surface area contributed by atoms with Crippen LogP contribution in [0, 0.1) is 0 Å². The van der Waals surface area contributed by atoms with E-state index >= 15 is 0 Å². The van der Waals surface area contributed by atoms with Crippen molar-refractivity contribution in [3.63, 3.8) is 0 Å². The Morgan fingerprint density at radius 2 is 1.67 bits per heavy atom. The van der Waals surface area contributed by atoms with Crippen LogP contribution in [0.5, 0.6) is 5.75 Å². The van der Waals surface area contributed by atoms with E-state index in [4.69, 9.17) is 4.74 Å². The molecule has 1 aromatic rings. The number of Topliss-reactive ketones (excluding diaryl/α,β-unsaturated/α-hetero) is 1. The Morgan fingerprint density at radius 1 is 1.20 bits per heavy atom. The molecule has 1 unspecified atom stereocenters. The van der Waals surface area contributed by atoms with Gasteiger partial charge in [0.2, 0.25) is 0 Å². The first-order chi connectivity index (χ1) is 7.15. The van der Waals surface area contributed by atoms with Gasteiger partial charge in [-0.25, -0.2) is 0 Å². The first kappa shape index (κ1) is 13.7. The fraction of sp³-hybridized carbons (Fsp3) is 0.462. The maximum Gasteiger partial charge on any atom is 0.136 e. The van der Waals surface area contributed by atoms with Crippen LogP contribution in [-0.4, -0.2) is 12.9 Å². The predicted octanol–water partition coefficient (Wildman–Crippen LogP) is 3.41. The summed E-state index contributed by atoms with van der Waals surface area (Å²) in [5.74, 6) is 0.982. The SMILES string of the molecule is CC.COc1ccc(C(C)C(C)=O)cc1. The second-order valence-electron chi connectivity index (χ2n) is 3.11. The first-order valence-electron chi connectivity index (χ1n) is 5.29. The van der Waals surface area contributed by atoms with E-state index in [-0.39, 0.29) is 11.7 Å². The lowest BCUT2D eigenvalue weighted by Gasteiger charge is -2.08. The minimum Gasteiger partial charge on any atom is -0.497 e. The van der Waals surface area contributed by atoms with Crippen LogP contribution >= 0.6 is 0 Å². The van der Waals surface area contributed by atoms with Crippen molar-refractivity contribution < 1.29 is 9.53 Å². The predicted molar refractivity (Wildman–Crippen MR) is 63.4 cm³/mol. The van der Waals surface area contributed by atoms with Crippen molar-refractivity contribution in [2.24, 2.45) is 0 Å². The number of rotatable bonds is 3. The summed E-state index contributed by atoms with van der Waals surface area (Å²) in [7, 11) is 1.63. The quantitative estimate of drug-likeness (QED) is 0.760. The summed E-state index contributed by atoms with van der Waals surface area (Å²) in [5.41, 5.74) is 1.04. The van der Waals surface area contributed by atoms with Crippen molar-refractivity contribution in [2.75, 3.05) is 7.11 Å². The number of benzene rings is 1. The van der Waals surface area contributed by atoms with Crippen LogP contribution in [0.25, 0.3) is 0 Å². The van der Waals surface area contributed by atoms with E-state index in [1.165, 1.54) is 0 Å². The highest BCUT2D eigenvalue weighted by Crippen LogP contribution is 2.19. The second kappa shape index (κ2) is 7.04. The van der Waals surface area contributed by atoms with Crippen LogP contribution in [-0.2, 0) is 4.79 Å². The van der Waals surface area contributed by atoms with E-state index in [2.05, 4.69) is 0 Å². The Kier molecular flexibility index (Phi) is 6.43. The third kappa shape index (κ3) is 4.15. The van der Waals surface area contributed by atoms with E-state index in [9.17, 15) is 4.79 Å². The van der Waals surface area contributed by atoms with E-state index in [1.54, 1.807) is 14.0 Å². The Bertz CT molecular complexity index is 288. The third-order valence-corrected chi connectivity index (χ3v) is 2.23. The maximum atomic E-state index is 11.1. The number of carbonyl (C=O) groups excluding carboxylic acids is 1. The highest BCUT2D eigenvalue weighted by atomic mass is 16.5. The van der Waals surface area contributed by atoms with Gasteiger partial charge in [0.1, 0.15) is 11.5 Å². The zero-order valence-electron chi connectivity index (χ0n) is 10.2. The van der Waals surface area contributed by atoms with Crippen molar-refractivity contribution >= 4 is 5.78 Å². The highest BCUT2D eigenvalue weighted by molar-refractivity contribution is 5.82. The Morgan fingerprint density at radius 3 is 2.00 bits per heavy atom. The third-order valence-electron chi connectivity index (χ3n) is 2.23. The first-order valence-corrected chi connectivity index (χ1v) is 5.29. The van der Waals surface area contributed by atoms with Crippen molar-refractivity contribution in [3.05, 3.63) is 29.8 Å². The van der Waals surface area contributed by atoms with Gasteiger partial charge in [-0.2, -0.15) is 0 Å². The number of carbonyl (C=O) groups is 1. The number of ether oxygens (including phenoxy) is 1. The minimum atomic E-state index is -0.0223. The topological polar surface area (TPSA) is 26.3 Å². The van der Waals surface area contributed by atoms with E-state index in [1.807, 2.05) is 45.0 Å². The molecule has 0 heterocycles. The van der Waals surface area contributed by atoms with Crippen LogP contribution < -0.4 is 4.74 Å². The van der Waals surface area contributed by atoms with E-state index in [0.29, 0.717) is 0 Å². The van der Waals surface area contributed by atoms with Crippen LogP contribution in [0.4, 0.5) is 0 Å². The standard InChI is InChI=1S/C11H14O2.C2H6/c1-8(9(2)12)10-4-6-11(13-3)7-5-10;1-2/h4-8H,1-3H3;1-2H3. The molecule has 0 aliphatic rings. The van der Waals surface area contributed by atoms with Gasteiger partial charge in [0, 0.05) is 5.92 Å². The molecule has 0 aliphatic carbocycles. The summed E-state index contributed by atoms with van der Waals surface area (Å²) < 4.78 is 5.02. The van der Waals surface area contributed by atoms with E-state index in [0.717, 1.165) is 11.3 Å². The summed E-state index contributed by atoms with van der Waals surface area (Å²) in [4.78, 5) is 11.1. The van der Waals surface area contributed by atoms with E-state index < -0.39 is 0 Å². The molecule has 0 aromatic heterocycles. The van der Waals surface area contributed by atoms with Crippen LogP contribution in [0.3, 0.4) is 0 Å². The molecule has 0 bridgehead atoms. The molecule has 0 aliphatic heterocycles. The summed E-state index contributed by atoms with van der Waals surface area (Å²) in [6.07, 6.45) is 0. The molecule has 0 radical (unpaired) electrons. The molecule has 2 heteroatoms. The Labute approximate surface area is 92.3 Å². The number of ketones is 1. The lowest BCUT2D eigenvalue weighted by molar-refractivity contribution is -0.118. The Balaban J connectivity index is 0.000000921. The van der Waals surface area contributed by atoms with Gasteiger partial charge in [-0.3, -0.25) is 4.79 Å². The zero-order valence-corrected chi connectivity index (χ0v) is 10.2. The minimum absolute atomic E-state index is 0.0223. The fourth-order valence-electron chi connectivity index (χ4n) is 1.13. The molecule has 0 saturated heterocycles. The lowest BCUT2D eigenvalue weighted by atomic mass is 9.98. The summed E-state index contributed by atoms with van der Waals surface area (Å²) in [6.45, 7) is 7.51. The second-order valence-corrected chi connectivity index (χ2v) is 3.11. The fourth-order valence-corrected chi connectivity index (χ4v) is 1.13. The molecule has 0 spiro atoms. The summed E-state index contributed by atoms with van der Waals surface area (Å²) >= 11 is 0. The van der Waals surface area contributed by atoms with Gasteiger partial charge in [-0.15, -0.1) is 0 Å². The molecular weight excluding hydrogens is 188 g/mol. The smallest absolute Gasteiger partial charge is 0.136 e. The number of hydrogen-bond donors (Lipinski definition) is 0. The van der Waals surface area contributed by atoms with Gasteiger partial charge in [-0.1, -0.05) is 32.9 Å². The maximum absolute atomic E-state index is 11.1. The molecule has 0 saturated carbocycles. The number of hydrogen-bond acceptors (Lipinski definition) is 2. The van der Waals surface area contributed by atoms with Gasteiger partial charge < -0.3 is 4.74 Å². The van der Waals surface area contributed by atoms with Crippen molar-refractivity contribution in [1.29, 1.82) is 0 Å². The van der Waals surface area contributed by atoms with Crippen molar-refractivity contribution in [1.82, 2.24) is 0 Å². The summed E-state index contributed by atoms with van der Waals surface area (Å²) in [5, 5.41) is 0. The monoisotopic (exact) mass is 208 g/mol. The van der Waals surface area contributed by atoms with Crippen LogP contribution in [0.15, 0.2) is 24.3 Å². The molecule has 84 valence electrons. The molecule has 0 amide bonds. The summed E-state index contributed by atoms with van der Waals surface area (Å²) in [6, 6.07) is 7.58. The van der Waals surface area contributed by atoms with Crippen molar-refractivity contribution in [2.45, 2.75) is 33.6 Å². The number of methoxy groups -OCH3 is 1. The average molecular weight is 208 g/mol. The molecule has 1 rings (SSSR count). The zero-order chi connectivity index (χ0) is 11.8. The van der Waals surface area contributed by atoms with Gasteiger partial charge in [0.05, 0.1) is 7.11 Å². The van der Waals surface area contributed by atoms with Gasteiger partial charge in [0.15, 0.2) is 0 Å². The molecule has 0 fully saturated rings. The largest absolute Gasteiger partial charge is 0.497 e. The molecule has 15 heavy (non-hydrogen) atoms. The van der Waals surface area contributed by atoms with Crippen LogP contribution in [0.2, 0.25) is 0 Å². The average Bonchev–Trinajstić information content (AvgIpc) is 2.31. The Hall–Kier alpha value is -1.31.